The Hall–Kier alpha value is -1.03. The van der Waals surface area contributed by atoms with Gasteiger partial charge in [-0.15, -0.1) is 0 Å². The van der Waals surface area contributed by atoms with Crippen LogP contribution in [0.2, 0.25) is 0 Å². The molecule has 0 unspecified atom stereocenters. The van der Waals surface area contributed by atoms with Gasteiger partial charge < -0.3 is 10.2 Å². The van der Waals surface area contributed by atoms with Crippen LogP contribution in [-0.2, 0) is 0 Å². The van der Waals surface area contributed by atoms with Gasteiger partial charge in [0.05, 0.1) is 12.6 Å². The van der Waals surface area contributed by atoms with Crippen molar-refractivity contribution in [3.63, 3.8) is 0 Å². The first-order valence-electron chi connectivity index (χ1n) is 2.56. The van der Waals surface area contributed by atoms with E-state index >= 15 is 0 Å². The standard InChI is InChI=1S/C5H7NO3/c7-4-1-2-6(3-4)5(8)9/h1-2,4,7H,3H2,(H,8,9)/t4-/m0/s1. The highest BCUT2D eigenvalue weighted by molar-refractivity contribution is 5.67. The molecular formula is C5H7NO3. The molecule has 1 atom stereocenters. The lowest BCUT2D eigenvalue weighted by atomic mass is 10.4. The van der Waals surface area contributed by atoms with Crippen molar-refractivity contribution in [2.45, 2.75) is 6.10 Å². The van der Waals surface area contributed by atoms with Gasteiger partial charge in [0.15, 0.2) is 0 Å². The van der Waals surface area contributed by atoms with Gasteiger partial charge in [0, 0.05) is 6.20 Å². The van der Waals surface area contributed by atoms with Crippen LogP contribution >= 0.6 is 0 Å². The lowest BCUT2D eigenvalue weighted by Gasteiger charge is -2.07. The molecule has 0 aromatic heterocycles. The molecule has 0 radical (unpaired) electrons. The second kappa shape index (κ2) is 2.06. The van der Waals surface area contributed by atoms with Gasteiger partial charge in [0.2, 0.25) is 0 Å². The average Bonchev–Trinajstić information content (AvgIpc) is 2.14. The Morgan fingerprint density at radius 1 is 1.78 bits per heavy atom. The number of carbonyl (C=O) groups is 1. The molecule has 1 amide bonds. The summed E-state index contributed by atoms with van der Waals surface area (Å²) in [6.45, 7) is 0.162. The molecule has 1 rings (SSSR count). The third-order valence-corrected chi connectivity index (χ3v) is 1.12. The predicted octanol–water partition coefficient (Wildman–Crippen LogP) is -0.145. The largest absolute Gasteiger partial charge is 0.465 e. The average molecular weight is 129 g/mol. The first-order valence-corrected chi connectivity index (χ1v) is 2.56. The summed E-state index contributed by atoms with van der Waals surface area (Å²) < 4.78 is 0. The highest BCUT2D eigenvalue weighted by Crippen LogP contribution is 2.03. The first kappa shape index (κ1) is 6.10. The van der Waals surface area contributed by atoms with Crippen molar-refractivity contribution in [2.24, 2.45) is 0 Å². The van der Waals surface area contributed by atoms with Crippen LogP contribution in [0.1, 0.15) is 0 Å². The topological polar surface area (TPSA) is 60.8 Å². The van der Waals surface area contributed by atoms with Crippen molar-refractivity contribution >= 4 is 6.09 Å². The van der Waals surface area contributed by atoms with E-state index in [1.165, 1.54) is 12.3 Å². The number of amides is 1. The van der Waals surface area contributed by atoms with E-state index in [0.717, 1.165) is 4.90 Å². The molecule has 0 fully saturated rings. The quantitative estimate of drug-likeness (QED) is 0.478. The second-order valence-electron chi connectivity index (χ2n) is 1.84. The van der Waals surface area contributed by atoms with Crippen LogP contribution in [0.4, 0.5) is 4.79 Å². The van der Waals surface area contributed by atoms with Crippen molar-refractivity contribution in [3.05, 3.63) is 12.3 Å². The van der Waals surface area contributed by atoms with Crippen molar-refractivity contribution in [3.8, 4) is 0 Å². The van der Waals surface area contributed by atoms with Gasteiger partial charge in [0.25, 0.3) is 0 Å². The van der Waals surface area contributed by atoms with Gasteiger partial charge in [-0.2, -0.15) is 0 Å². The Bertz CT molecular complexity index is 154. The molecule has 0 saturated carbocycles. The van der Waals surface area contributed by atoms with E-state index in [-0.39, 0.29) is 6.54 Å². The van der Waals surface area contributed by atoms with Crippen LogP contribution in [0.5, 0.6) is 0 Å². The highest BCUT2D eigenvalue weighted by atomic mass is 16.4. The zero-order valence-corrected chi connectivity index (χ0v) is 4.69. The van der Waals surface area contributed by atoms with E-state index in [4.69, 9.17) is 10.2 Å². The maximum Gasteiger partial charge on any atom is 0.411 e. The van der Waals surface area contributed by atoms with E-state index in [1.807, 2.05) is 0 Å². The zero-order valence-electron chi connectivity index (χ0n) is 4.69. The van der Waals surface area contributed by atoms with Crippen molar-refractivity contribution in [1.82, 2.24) is 4.90 Å². The lowest BCUT2D eigenvalue weighted by molar-refractivity contribution is 0.147. The van der Waals surface area contributed by atoms with Crippen molar-refractivity contribution < 1.29 is 15.0 Å². The van der Waals surface area contributed by atoms with Gasteiger partial charge in [-0.3, -0.25) is 4.90 Å². The molecule has 0 bridgehead atoms. The summed E-state index contributed by atoms with van der Waals surface area (Å²) in [6, 6.07) is 0. The predicted molar refractivity (Wildman–Crippen MR) is 29.9 cm³/mol. The fourth-order valence-corrected chi connectivity index (χ4v) is 0.668. The first-order chi connectivity index (χ1) is 4.20. The summed E-state index contributed by atoms with van der Waals surface area (Å²) in [4.78, 5) is 11.1. The molecule has 4 heteroatoms. The molecular weight excluding hydrogens is 122 g/mol. The van der Waals surface area contributed by atoms with E-state index in [0.29, 0.717) is 0 Å². The van der Waals surface area contributed by atoms with Crippen LogP contribution in [0.25, 0.3) is 0 Å². The molecule has 50 valence electrons. The SMILES string of the molecule is O=C(O)N1C=C[C@H](O)C1. The van der Waals surface area contributed by atoms with E-state index < -0.39 is 12.2 Å². The summed E-state index contributed by atoms with van der Waals surface area (Å²) in [5.41, 5.74) is 0. The molecule has 0 aromatic carbocycles. The molecule has 0 saturated heterocycles. The monoisotopic (exact) mass is 129 g/mol. The van der Waals surface area contributed by atoms with E-state index in [2.05, 4.69) is 0 Å². The van der Waals surface area contributed by atoms with Gasteiger partial charge in [-0.05, 0) is 6.08 Å². The summed E-state index contributed by atoms with van der Waals surface area (Å²) in [7, 11) is 0. The Morgan fingerprint density at radius 2 is 2.44 bits per heavy atom. The van der Waals surface area contributed by atoms with E-state index in [1.54, 1.807) is 0 Å². The van der Waals surface area contributed by atoms with Crippen LogP contribution in [0.3, 0.4) is 0 Å². The normalized spacial score (nSPS) is 25.0. The summed E-state index contributed by atoms with van der Waals surface area (Å²) >= 11 is 0. The molecule has 0 aromatic rings. The molecule has 0 spiro atoms. The maximum absolute atomic E-state index is 10.1. The van der Waals surface area contributed by atoms with Gasteiger partial charge in [0.1, 0.15) is 0 Å². The Balaban J connectivity index is 2.50. The summed E-state index contributed by atoms with van der Waals surface area (Å²) in [5.74, 6) is 0. The van der Waals surface area contributed by atoms with Crippen LogP contribution in [0, 0.1) is 0 Å². The van der Waals surface area contributed by atoms with Crippen LogP contribution in [0.15, 0.2) is 12.3 Å². The molecule has 4 nitrogen and oxygen atoms in total. The number of rotatable bonds is 0. The number of hydrogen-bond acceptors (Lipinski definition) is 2. The second-order valence-corrected chi connectivity index (χ2v) is 1.84. The van der Waals surface area contributed by atoms with Gasteiger partial charge in [-0.25, -0.2) is 4.79 Å². The number of aliphatic hydroxyl groups is 1. The summed E-state index contributed by atoms with van der Waals surface area (Å²) in [6.07, 6.45) is 1.14. The molecule has 9 heavy (non-hydrogen) atoms. The Kier molecular flexibility index (Phi) is 1.40. The van der Waals surface area contributed by atoms with Crippen LogP contribution in [-0.4, -0.2) is 33.9 Å². The molecule has 0 aliphatic carbocycles. The minimum absolute atomic E-state index is 0.162. The molecule has 2 N–H and O–H groups in total. The third-order valence-electron chi connectivity index (χ3n) is 1.12. The molecule has 1 heterocycles. The number of β-amino-alcohol motifs (C(OH)–C–C–N with tert-alkyl or cyclic N) is 1. The number of carboxylic acid groups (broad SMARTS) is 1. The Labute approximate surface area is 52.0 Å². The fourth-order valence-electron chi connectivity index (χ4n) is 0.668. The van der Waals surface area contributed by atoms with Crippen molar-refractivity contribution in [2.75, 3.05) is 6.54 Å². The third kappa shape index (κ3) is 1.20. The molecule has 1 aliphatic rings. The minimum atomic E-state index is -1.03. The number of nitrogens with zero attached hydrogens (tertiary/aromatic N) is 1. The highest BCUT2D eigenvalue weighted by Gasteiger charge is 2.17. The summed E-state index contributed by atoms with van der Waals surface area (Å²) in [5, 5.41) is 17.1. The van der Waals surface area contributed by atoms with Crippen molar-refractivity contribution in [1.29, 1.82) is 0 Å². The molecule has 1 aliphatic heterocycles. The fraction of sp³-hybridized carbons (Fsp3) is 0.400. The number of hydrogen-bond donors (Lipinski definition) is 2. The van der Waals surface area contributed by atoms with Gasteiger partial charge in [-0.1, -0.05) is 0 Å². The lowest BCUT2D eigenvalue weighted by Crippen LogP contribution is -2.25. The zero-order chi connectivity index (χ0) is 6.85. The van der Waals surface area contributed by atoms with Gasteiger partial charge >= 0.3 is 6.09 Å². The van der Waals surface area contributed by atoms with Crippen LogP contribution < -0.4 is 0 Å². The number of aliphatic hydroxyl groups excluding tert-OH is 1. The Morgan fingerprint density at radius 3 is 2.67 bits per heavy atom. The minimum Gasteiger partial charge on any atom is -0.465 e. The van der Waals surface area contributed by atoms with E-state index in [9.17, 15) is 4.79 Å². The maximum atomic E-state index is 10.1. The smallest absolute Gasteiger partial charge is 0.411 e.